The van der Waals surface area contributed by atoms with E-state index in [-0.39, 0.29) is 22.6 Å². The number of hydrogen-bond donors (Lipinski definition) is 3. The fourth-order valence-corrected chi connectivity index (χ4v) is 3.44. The van der Waals surface area contributed by atoms with Gasteiger partial charge >= 0.3 is 5.97 Å². The van der Waals surface area contributed by atoms with Gasteiger partial charge in [-0.3, -0.25) is 30.0 Å². The molecule has 0 spiro atoms. The zero-order valence-corrected chi connectivity index (χ0v) is 22.0. The van der Waals surface area contributed by atoms with Crippen molar-refractivity contribution in [3.05, 3.63) is 77.4 Å². The maximum Gasteiger partial charge on any atom is 0.308 e. The summed E-state index contributed by atoms with van der Waals surface area (Å²) in [4.78, 5) is 49.2. The quantitative estimate of drug-likeness (QED) is 0.203. The Balaban J connectivity index is 1.65. The van der Waals surface area contributed by atoms with Gasteiger partial charge in [0, 0.05) is 29.3 Å². The van der Waals surface area contributed by atoms with Gasteiger partial charge in [-0.05, 0) is 68.4 Å². The number of carbonyl (C=O) groups excluding carboxylic acids is 4. The number of esters is 1. The molecule has 3 rings (SSSR count). The van der Waals surface area contributed by atoms with Crippen molar-refractivity contribution in [2.75, 3.05) is 25.6 Å². The van der Waals surface area contributed by atoms with Crippen molar-refractivity contribution in [1.29, 1.82) is 0 Å². The topological polar surface area (TPSA) is 141 Å². The summed E-state index contributed by atoms with van der Waals surface area (Å²) in [7, 11) is 1.37. The second-order valence-corrected chi connectivity index (χ2v) is 7.93. The smallest absolute Gasteiger partial charge is 0.308 e. The number of benzene rings is 3. The maximum atomic E-state index is 12.8. The Hall–Kier alpha value is -5.06. The second-order valence-electron chi connectivity index (χ2n) is 7.93. The fourth-order valence-electron chi connectivity index (χ4n) is 3.44. The molecule has 0 heterocycles. The van der Waals surface area contributed by atoms with E-state index in [1.165, 1.54) is 44.4 Å². The number of anilines is 1. The molecule has 0 fully saturated rings. The van der Waals surface area contributed by atoms with Crippen molar-refractivity contribution >= 4 is 29.4 Å². The summed E-state index contributed by atoms with van der Waals surface area (Å²) in [5, 5.41) is 2.74. The number of rotatable bonds is 10. The molecule has 3 amide bonds. The van der Waals surface area contributed by atoms with Gasteiger partial charge in [0.05, 0.1) is 20.3 Å². The van der Waals surface area contributed by atoms with Crippen LogP contribution in [0.2, 0.25) is 0 Å². The molecule has 0 aliphatic heterocycles. The Morgan fingerprint density at radius 3 is 1.85 bits per heavy atom. The summed E-state index contributed by atoms with van der Waals surface area (Å²) in [6.07, 6.45) is 0. The van der Waals surface area contributed by atoms with Crippen molar-refractivity contribution in [2.24, 2.45) is 0 Å². The predicted molar refractivity (Wildman–Crippen MR) is 142 cm³/mol. The lowest BCUT2D eigenvalue weighted by molar-refractivity contribution is -0.132. The first-order chi connectivity index (χ1) is 18.7. The molecule has 3 aromatic carbocycles. The van der Waals surface area contributed by atoms with Crippen molar-refractivity contribution in [2.45, 2.75) is 20.8 Å². The Morgan fingerprint density at radius 2 is 1.23 bits per heavy atom. The van der Waals surface area contributed by atoms with Gasteiger partial charge in [0.1, 0.15) is 0 Å². The molecular formula is C28H29N3O8. The average Bonchev–Trinajstić information content (AvgIpc) is 2.92. The third-order valence-electron chi connectivity index (χ3n) is 5.16. The highest BCUT2D eigenvalue weighted by Crippen LogP contribution is 2.29. The van der Waals surface area contributed by atoms with E-state index < -0.39 is 23.7 Å². The van der Waals surface area contributed by atoms with E-state index in [9.17, 15) is 19.2 Å². The zero-order valence-electron chi connectivity index (χ0n) is 22.0. The highest BCUT2D eigenvalue weighted by Gasteiger charge is 2.15. The predicted octanol–water partition coefficient (Wildman–Crippen LogP) is 3.75. The first-order valence-electron chi connectivity index (χ1n) is 12.0. The van der Waals surface area contributed by atoms with Crippen LogP contribution in [0.1, 0.15) is 51.8 Å². The van der Waals surface area contributed by atoms with Crippen LogP contribution >= 0.6 is 0 Å². The Kier molecular flexibility index (Phi) is 9.85. The lowest BCUT2D eigenvalue weighted by atomic mass is 10.1. The van der Waals surface area contributed by atoms with Crippen molar-refractivity contribution in [3.63, 3.8) is 0 Å². The molecule has 0 saturated heterocycles. The number of amides is 3. The lowest BCUT2D eigenvalue weighted by Gasteiger charge is -2.13. The van der Waals surface area contributed by atoms with Crippen LogP contribution in [0.25, 0.3) is 0 Å². The summed E-state index contributed by atoms with van der Waals surface area (Å²) in [6.45, 7) is 5.80. The average molecular weight is 536 g/mol. The molecule has 0 bridgehead atoms. The SMILES string of the molecule is CCOc1ccc(C(=O)Nc2cccc(C(=O)NNC(=O)c3ccc(OC(C)=O)c(OC)c3)c2)cc1OCC. The van der Waals surface area contributed by atoms with Crippen LogP contribution in [-0.2, 0) is 4.79 Å². The molecule has 3 N–H and O–H groups in total. The van der Waals surface area contributed by atoms with Crippen LogP contribution in [0.5, 0.6) is 23.0 Å². The van der Waals surface area contributed by atoms with Crippen molar-refractivity contribution < 1.29 is 38.1 Å². The van der Waals surface area contributed by atoms with Gasteiger partial charge in [0.2, 0.25) is 0 Å². The molecular weight excluding hydrogens is 506 g/mol. The molecule has 0 aliphatic carbocycles. The van der Waals surface area contributed by atoms with E-state index in [0.717, 1.165) is 0 Å². The van der Waals surface area contributed by atoms with Crippen LogP contribution in [-0.4, -0.2) is 44.0 Å². The molecule has 0 aliphatic rings. The third kappa shape index (κ3) is 7.71. The summed E-state index contributed by atoms with van der Waals surface area (Å²) in [6, 6.07) is 15.3. The van der Waals surface area contributed by atoms with Crippen LogP contribution in [0.4, 0.5) is 5.69 Å². The standard InChI is InChI=1S/C28H29N3O8/c1-5-37-22-12-10-19(16-25(22)38-6-2)26(33)29-21-9-7-8-18(14-21)27(34)30-31-28(35)20-11-13-23(39-17(3)32)24(15-20)36-4/h7-16H,5-6H2,1-4H3,(H,29,33)(H,30,34)(H,31,35). The number of ether oxygens (including phenoxy) is 4. The van der Waals surface area contributed by atoms with Crippen molar-refractivity contribution in [3.8, 4) is 23.0 Å². The van der Waals surface area contributed by atoms with E-state index in [1.807, 2.05) is 13.8 Å². The normalized spacial score (nSPS) is 10.2. The molecule has 0 unspecified atom stereocenters. The van der Waals surface area contributed by atoms with Gasteiger partial charge in [-0.2, -0.15) is 0 Å². The van der Waals surface area contributed by atoms with E-state index in [0.29, 0.717) is 36.0 Å². The number of carbonyl (C=O) groups is 4. The Morgan fingerprint density at radius 1 is 0.667 bits per heavy atom. The summed E-state index contributed by atoms with van der Waals surface area (Å²) >= 11 is 0. The van der Waals surface area contributed by atoms with Gasteiger partial charge in [0.15, 0.2) is 23.0 Å². The molecule has 11 heteroatoms. The van der Waals surface area contributed by atoms with E-state index >= 15 is 0 Å². The molecule has 39 heavy (non-hydrogen) atoms. The minimum atomic E-state index is -0.624. The molecule has 0 saturated carbocycles. The molecule has 204 valence electrons. The summed E-state index contributed by atoms with van der Waals surface area (Å²) in [5.74, 6) is -0.854. The van der Waals surface area contributed by atoms with Gasteiger partial charge in [-0.1, -0.05) is 6.07 Å². The number of methoxy groups -OCH3 is 1. The van der Waals surface area contributed by atoms with Crippen LogP contribution in [0, 0.1) is 0 Å². The van der Waals surface area contributed by atoms with E-state index in [1.54, 1.807) is 30.3 Å². The summed E-state index contributed by atoms with van der Waals surface area (Å²) in [5.41, 5.74) is 5.71. The van der Waals surface area contributed by atoms with Gasteiger partial charge < -0.3 is 24.3 Å². The number of hydrogen-bond acceptors (Lipinski definition) is 8. The fraction of sp³-hybridized carbons (Fsp3) is 0.214. The second kappa shape index (κ2) is 13.5. The summed E-state index contributed by atoms with van der Waals surface area (Å²) < 4.78 is 21.3. The highest BCUT2D eigenvalue weighted by atomic mass is 16.6. The monoisotopic (exact) mass is 535 g/mol. The Labute approximate surface area is 225 Å². The zero-order chi connectivity index (χ0) is 28.4. The van der Waals surface area contributed by atoms with Crippen LogP contribution in [0.3, 0.4) is 0 Å². The third-order valence-corrected chi connectivity index (χ3v) is 5.16. The molecule has 0 aromatic heterocycles. The molecule has 3 aromatic rings. The maximum absolute atomic E-state index is 12.8. The highest BCUT2D eigenvalue weighted by molar-refractivity contribution is 6.05. The minimum absolute atomic E-state index is 0.156. The number of hydrazine groups is 1. The lowest BCUT2D eigenvalue weighted by Crippen LogP contribution is -2.41. The van der Waals surface area contributed by atoms with Gasteiger partial charge in [-0.15, -0.1) is 0 Å². The molecule has 0 atom stereocenters. The van der Waals surface area contributed by atoms with Gasteiger partial charge in [-0.25, -0.2) is 0 Å². The molecule has 0 radical (unpaired) electrons. The van der Waals surface area contributed by atoms with Gasteiger partial charge in [0.25, 0.3) is 17.7 Å². The van der Waals surface area contributed by atoms with E-state index in [2.05, 4.69) is 16.2 Å². The molecule has 11 nitrogen and oxygen atoms in total. The number of nitrogens with one attached hydrogen (secondary N) is 3. The van der Waals surface area contributed by atoms with Crippen LogP contribution in [0.15, 0.2) is 60.7 Å². The van der Waals surface area contributed by atoms with Crippen LogP contribution < -0.4 is 35.1 Å². The largest absolute Gasteiger partial charge is 0.493 e. The Bertz CT molecular complexity index is 1370. The van der Waals surface area contributed by atoms with Crippen molar-refractivity contribution in [1.82, 2.24) is 10.9 Å². The minimum Gasteiger partial charge on any atom is -0.493 e. The van der Waals surface area contributed by atoms with E-state index in [4.69, 9.17) is 18.9 Å². The first-order valence-corrected chi connectivity index (χ1v) is 12.0. The first kappa shape index (κ1) is 28.5.